The molecule has 2 aliphatic rings. The van der Waals surface area contributed by atoms with Gasteiger partial charge in [-0.05, 0) is 83.8 Å². The molecule has 0 aliphatic heterocycles. The first kappa shape index (κ1) is 10.8. The molecular weight excluding hydrogens is 569 g/mol. The molecule has 0 bridgehead atoms. The Labute approximate surface area is 312 Å². The van der Waals surface area contributed by atoms with Crippen LogP contribution >= 0.6 is 0 Å². The van der Waals surface area contributed by atoms with E-state index in [1.807, 2.05) is 0 Å². The van der Waals surface area contributed by atoms with Crippen LogP contribution in [0.4, 0.5) is 0 Å². The van der Waals surface area contributed by atoms with E-state index in [-0.39, 0.29) is 0 Å². The van der Waals surface area contributed by atoms with Gasteiger partial charge in [-0.3, -0.25) is 0 Å². The number of benzene rings is 7. The molecule has 2 atom stereocenters. The molecule has 1 heteroatoms. The molecule has 8 aromatic rings. The minimum Gasteiger partial charge on any atom is -0.456 e. The number of rotatable bonds is 3. The van der Waals surface area contributed by atoms with Crippen LogP contribution in [0.25, 0.3) is 76.5 Å². The van der Waals surface area contributed by atoms with Crippen molar-refractivity contribution in [1.82, 2.24) is 0 Å². The van der Waals surface area contributed by atoms with Crippen molar-refractivity contribution in [2.45, 2.75) is 0 Å². The summed E-state index contributed by atoms with van der Waals surface area (Å²) in [6.45, 7) is 0. The monoisotopic (exact) mass is 626 g/mol. The molecule has 0 saturated heterocycles. The summed E-state index contributed by atoms with van der Waals surface area (Å²) in [6.07, 6.45) is 0. The van der Waals surface area contributed by atoms with Crippen molar-refractivity contribution in [3.05, 3.63) is 180 Å². The molecule has 0 spiro atoms. The maximum absolute atomic E-state index is 9.81. The SMILES string of the molecule is [2H]C1=C([2H])C2C(c3c([2H])c([2H])c([2H])c([2H])c3[2H])=C([2H])C([2H])=C(c3c4c([2H])c([2H])c([2H])c([2H])c4c(-c4c([2H])c([2H])c([2H])c5oc6c([2H])c7c([2H])c([2H])c([2H])c([2H])c7c([2H])c6c45)c4c([2H])c([2H])c([2H])c([2H])c34)C2C([2H])=C1[2H]. The Morgan fingerprint density at radius 1 is 0.468 bits per heavy atom. The highest BCUT2D eigenvalue weighted by atomic mass is 16.3. The van der Waals surface area contributed by atoms with Gasteiger partial charge in [0.15, 0.2) is 0 Å². The van der Waals surface area contributed by atoms with Gasteiger partial charge in [0.1, 0.15) is 11.2 Å². The van der Waals surface area contributed by atoms with Crippen molar-refractivity contribution >= 4 is 65.4 Å². The van der Waals surface area contributed by atoms with E-state index in [4.69, 9.17) is 27.7 Å². The minimum atomic E-state index is -2.02. The van der Waals surface area contributed by atoms with Crippen molar-refractivity contribution in [1.29, 1.82) is 0 Å². The Morgan fingerprint density at radius 3 is 1.74 bits per heavy atom. The highest BCUT2D eigenvalue weighted by Gasteiger charge is 2.32. The van der Waals surface area contributed by atoms with Gasteiger partial charge < -0.3 is 4.42 Å². The normalized spacial score (nSPS) is 27.1. The first-order valence-corrected chi connectivity index (χ1v) is 14.1. The van der Waals surface area contributed by atoms with Crippen LogP contribution in [-0.2, 0) is 0 Å². The number of allylic oxidation sites excluding steroid dienone is 8. The predicted octanol–water partition coefficient (Wildman–Crippen LogP) is 12.6. The van der Waals surface area contributed by atoms with Gasteiger partial charge in [-0.1, -0.05) is 151 Å². The zero-order valence-electron chi connectivity index (χ0n) is 51.6. The topological polar surface area (TPSA) is 13.1 Å². The van der Waals surface area contributed by atoms with Gasteiger partial charge in [0, 0.05) is 22.6 Å². The van der Waals surface area contributed by atoms with E-state index in [1.165, 1.54) is 0 Å². The molecule has 1 nitrogen and oxygen atoms in total. The fourth-order valence-electron chi connectivity index (χ4n) is 6.23. The van der Waals surface area contributed by atoms with Crippen LogP contribution in [0.1, 0.15) is 49.5 Å². The van der Waals surface area contributed by atoms with Crippen molar-refractivity contribution in [3.63, 3.8) is 0 Å². The first-order valence-electron chi connectivity index (χ1n) is 28.1. The summed E-state index contributed by atoms with van der Waals surface area (Å²) in [6, 6.07) is -25.6. The third-order valence-corrected chi connectivity index (χ3v) is 8.17. The molecule has 0 N–H and O–H groups in total. The lowest BCUT2D eigenvalue weighted by Gasteiger charge is -2.33. The lowest BCUT2D eigenvalue weighted by Crippen LogP contribution is -2.19. The number of hydrogen-bond acceptors (Lipinski definition) is 1. The second-order valence-electron chi connectivity index (χ2n) is 10.6. The minimum absolute atomic E-state index is 0.487. The molecule has 1 heterocycles. The van der Waals surface area contributed by atoms with Crippen LogP contribution in [0, 0.1) is 11.8 Å². The second kappa shape index (κ2) is 10.3. The van der Waals surface area contributed by atoms with Crippen molar-refractivity contribution in [3.8, 4) is 11.1 Å². The van der Waals surface area contributed by atoms with Crippen molar-refractivity contribution < 1.29 is 42.8 Å². The second-order valence-corrected chi connectivity index (χ2v) is 10.6. The highest BCUT2D eigenvalue weighted by molar-refractivity contribution is 6.25. The number of hydrogen-bond donors (Lipinski definition) is 0. The Bertz CT molecular complexity index is 4160. The Kier molecular flexibility index (Phi) is 2.37. The van der Waals surface area contributed by atoms with Crippen LogP contribution in [0.3, 0.4) is 0 Å². The third-order valence-electron chi connectivity index (χ3n) is 8.17. The van der Waals surface area contributed by atoms with E-state index >= 15 is 0 Å². The summed E-state index contributed by atoms with van der Waals surface area (Å²) in [5, 5.41) is -5.03. The largest absolute Gasteiger partial charge is 0.456 e. The van der Waals surface area contributed by atoms with E-state index in [1.54, 1.807) is 0 Å². The number of furan rings is 1. The van der Waals surface area contributed by atoms with E-state index in [2.05, 4.69) is 0 Å². The van der Waals surface area contributed by atoms with Crippen LogP contribution < -0.4 is 0 Å². The summed E-state index contributed by atoms with van der Waals surface area (Å²) in [7, 11) is 0. The third kappa shape index (κ3) is 3.96. The van der Waals surface area contributed by atoms with Gasteiger partial charge in [-0.2, -0.15) is 0 Å². The zero-order chi connectivity index (χ0) is 55.3. The molecule has 2 aliphatic carbocycles. The lowest BCUT2D eigenvalue weighted by molar-refractivity contribution is 0.669. The fourth-order valence-corrected chi connectivity index (χ4v) is 6.23. The smallest absolute Gasteiger partial charge is 0.136 e. The fraction of sp³-hybridized carbons (Fsp3) is 0.0435. The lowest BCUT2D eigenvalue weighted by atomic mass is 9.70. The zero-order valence-corrected chi connectivity index (χ0v) is 23.6. The van der Waals surface area contributed by atoms with Gasteiger partial charge in [-0.15, -0.1) is 0 Å². The van der Waals surface area contributed by atoms with Crippen molar-refractivity contribution in [2.24, 2.45) is 11.8 Å². The van der Waals surface area contributed by atoms with E-state index in [9.17, 15) is 15.1 Å². The van der Waals surface area contributed by atoms with Crippen LogP contribution in [0.15, 0.2) is 174 Å². The molecule has 1 aromatic heterocycles. The van der Waals surface area contributed by atoms with Crippen molar-refractivity contribution in [2.75, 3.05) is 0 Å². The van der Waals surface area contributed by atoms with Crippen LogP contribution in [0.2, 0.25) is 0 Å². The molecule has 0 fully saturated rings. The molecule has 0 amide bonds. The summed E-state index contributed by atoms with van der Waals surface area (Å²) in [5.74, 6) is -3.99. The van der Waals surface area contributed by atoms with Gasteiger partial charge in [0.2, 0.25) is 0 Å². The van der Waals surface area contributed by atoms with Gasteiger partial charge in [0.25, 0.3) is 0 Å². The summed E-state index contributed by atoms with van der Waals surface area (Å²) >= 11 is 0. The predicted molar refractivity (Wildman–Crippen MR) is 199 cm³/mol. The molecule has 2 unspecified atom stereocenters. The Morgan fingerprint density at radius 2 is 1.04 bits per heavy atom. The molecular formula is C46H30O. The molecule has 0 saturated carbocycles. The summed E-state index contributed by atoms with van der Waals surface area (Å²) in [4.78, 5) is 0. The van der Waals surface area contributed by atoms with Crippen LogP contribution in [-0.4, -0.2) is 0 Å². The maximum Gasteiger partial charge on any atom is 0.136 e. The first-order chi connectivity index (χ1) is 35.0. The van der Waals surface area contributed by atoms with E-state index in [0.717, 1.165) is 0 Å². The molecule has 47 heavy (non-hydrogen) atoms. The van der Waals surface area contributed by atoms with Gasteiger partial charge >= 0.3 is 0 Å². The Hall–Kier alpha value is -5.92. The summed E-state index contributed by atoms with van der Waals surface area (Å²) in [5.41, 5.74) is -5.43. The number of fused-ring (bicyclic) bond motifs is 7. The van der Waals surface area contributed by atoms with Crippen LogP contribution in [0.5, 0.6) is 0 Å². The van der Waals surface area contributed by atoms with Gasteiger partial charge in [-0.25, -0.2) is 0 Å². The van der Waals surface area contributed by atoms with E-state index < -0.39 is 269 Å². The molecule has 7 aromatic carbocycles. The standard InChI is InChI=1S/C46H30O/c1-2-13-29(14-3-1)32-25-26-39(34-18-7-6-17-33(32)34)44-35-19-8-10-21-37(35)45(38-22-11-9-20-36(38)44)40-23-12-24-42-46(40)41-27-30-15-4-5-16-31(30)28-43(41)47-42/h1-28,33-34H/i1D,2D,3D,4D,5D,6D,7D,8D,9D,10D,11D,12D,13D,14D,15D,16D,17D,18D,19D,20D,21D,22D,23D,24D,25D,26D,27D,28D. The van der Waals surface area contributed by atoms with Gasteiger partial charge in [0.05, 0.1) is 38.4 Å². The average Bonchev–Trinajstić information content (AvgIpc) is 3.79. The summed E-state index contributed by atoms with van der Waals surface area (Å²) < 4.78 is 260. The highest BCUT2D eigenvalue weighted by Crippen LogP contribution is 2.50. The van der Waals surface area contributed by atoms with E-state index in [0.29, 0.717) is 0 Å². The molecule has 0 radical (unpaired) electrons. The quantitative estimate of drug-likeness (QED) is 0.178. The Balaban J connectivity index is 1.53. The average molecular weight is 627 g/mol. The molecule has 220 valence electrons. The maximum atomic E-state index is 9.81. The molecule has 10 rings (SSSR count).